The molecule has 3 N–H and O–H groups in total. The van der Waals surface area contributed by atoms with Crippen LogP contribution in [-0.4, -0.2) is 62.5 Å². The summed E-state index contributed by atoms with van der Waals surface area (Å²) in [5, 5.41) is 16.0. The van der Waals surface area contributed by atoms with E-state index in [1.165, 1.54) is 0 Å². The molecule has 0 radical (unpaired) electrons. The fourth-order valence-electron chi connectivity index (χ4n) is 6.20. The molecule has 34 heavy (non-hydrogen) atoms. The number of carbonyl (C=O) groups excluding carboxylic acids is 3. The van der Waals surface area contributed by atoms with Crippen LogP contribution >= 0.6 is 11.8 Å². The number of thioether (sulfide) groups is 1. The van der Waals surface area contributed by atoms with Crippen molar-refractivity contribution in [3.05, 3.63) is 35.9 Å². The molecule has 1 aromatic rings. The molecule has 0 aliphatic carbocycles. The van der Waals surface area contributed by atoms with Crippen molar-refractivity contribution in [1.82, 2.24) is 15.5 Å². The summed E-state index contributed by atoms with van der Waals surface area (Å²) < 4.78 is -1.03. The number of hydrogen-bond acceptors (Lipinski definition) is 5. The molecule has 0 saturated carbocycles. The van der Waals surface area contributed by atoms with Crippen LogP contribution in [0.5, 0.6) is 0 Å². The van der Waals surface area contributed by atoms with Gasteiger partial charge in [-0.2, -0.15) is 0 Å². The van der Waals surface area contributed by atoms with Crippen LogP contribution in [0.15, 0.2) is 30.3 Å². The third-order valence-corrected chi connectivity index (χ3v) is 9.86. The molecule has 2 bridgehead atoms. The minimum atomic E-state index is -0.674. The number of fused-ring (bicyclic) bond motifs is 1. The molecular formula is C26H37N3O4S. The van der Waals surface area contributed by atoms with Crippen LogP contribution in [0.25, 0.3) is 0 Å². The lowest BCUT2D eigenvalue weighted by atomic mass is 9.66. The number of hydrogen-bond donors (Lipinski definition) is 3. The van der Waals surface area contributed by atoms with Crippen LogP contribution in [0.2, 0.25) is 0 Å². The monoisotopic (exact) mass is 487 g/mol. The van der Waals surface area contributed by atoms with Gasteiger partial charge in [0.2, 0.25) is 17.7 Å². The van der Waals surface area contributed by atoms with E-state index in [2.05, 4.69) is 24.5 Å². The molecule has 3 saturated heterocycles. The molecule has 3 aliphatic heterocycles. The third-order valence-electron chi connectivity index (χ3n) is 7.87. The van der Waals surface area contributed by atoms with Crippen LogP contribution < -0.4 is 10.6 Å². The van der Waals surface area contributed by atoms with Crippen molar-refractivity contribution in [2.45, 2.75) is 81.0 Å². The highest BCUT2D eigenvalue weighted by Crippen LogP contribution is 2.71. The first-order valence-corrected chi connectivity index (χ1v) is 13.3. The fraction of sp³-hybridized carbons (Fsp3) is 0.654. The zero-order valence-electron chi connectivity index (χ0n) is 20.4. The SMILES string of the molecule is CCCCCNC(=O)C1N([C@H](C)CO)C(=O)[C@@H]2[C@H](C(=O)NCc3ccccc3)[C@]3(C)CCC12S3. The number of unbranched alkanes of at least 4 members (excludes halogenated alkanes) is 2. The Balaban J connectivity index is 1.61. The highest BCUT2D eigenvalue weighted by molar-refractivity contribution is 8.02. The van der Waals surface area contributed by atoms with Gasteiger partial charge < -0.3 is 20.6 Å². The average Bonchev–Trinajstić information content (AvgIpc) is 3.41. The lowest BCUT2D eigenvalue weighted by molar-refractivity contribution is -0.143. The summed E-state index contributed by atoms with van der Waals surface area (Å²) >= 11 is 1.66. The number of amides is 3. The topological polar surface area (TPSA) is 98.7 Å². The van der Waals surface area contributed by atoms with E-state index in [1.54, 1.807) is 23.6 Å². The number of nitrogens with zero attached hydrogens (tertiary/aromatic N) is 1. The molecular weight excluding hydrogens is 450 g/mol. The highest BCUT2D eigenvalue weighted by atomic mass is 32.2. The maximum absolute atomic E-state index is 13.8. The van der Waals surface area contributed by atoms with Crippen LogP contribution in [0.3, 0.4) is 0 Å². The molecule has 4 rings (SSSR count). The fourth-order valence-corrected chi connectivity index (χ4v) is 8.55. The van der Waals surface area contributed by atoms with Crippen molar-refractivity contribution in [3.63, 3.8) is 0 Å². The predicted octanol–water partition coefficient (Wildman–Crippen LogP) is 2.47. The Labute approximate surface area is 206 Å². The predicted molar refractivity (Wildman–Crippen MR) is 133 cm³/mol. The normalized spacial score (nSPS) is 32.5. The van der Waals surface area contributed by atoms with Gasteiger partial charge in [-0.3, -0.25) is 14.4 Å². The number of nitrogens with one attached hydrogen (secondary N) is 2. The average molecular weight is 488 g/mol. The molecule has 6 atom stereocenters. The summed E-state index contributed by atoms with van der Waals surface area (Å²) in [4.78, 5) is 42.4. The van der Waals surface area contributed by atoms with Crippen molar-refractivity contribution in [1.29, 1.82) is 0 Å². The van der Waals surface area contributed by atoms with E-state index in [0.717, 1.165) is 31.2 Å². The summed E-state index contributed by atoms with van der Waals surface area (Å²) in [7, 11) is 0. The molecule has 0 aromatic heterocycles. The van der Waals surface area contributed by atoms with Gasteiger partial charge >= 0.3 is 0 Å². The smallest absolute Gasteiger partial charge is 0.244 e. The van der Waals surface area contributed by atoms with Crippen molar-refractivity contribution < 1.29 is 19.5 Å². The number of benzene rings is 1. The maximum atomic E-state index is 13.8. The van der Waals surface area contributed by atoms with Gasteiger partial charge in [-0.15, -0.1) is 11.8 Å². The standard InChI is InChI=1S/C26H37N3O4S/c1-4-5-9-14-27-23(32)21-26-13-12-25(3,34-26)19(20(26)24(33)29(21)17(2)16-30)22(31)28-15-18-10-7-6-8-11-18/h6-8,10-11,17,19-21,30H,4-5,9,12-16H2,1-3H3,(H,27,32)(H,28,31)/t17-,19-,20+,21?,25+,26?/m1/s1. The van der Waals surface area contributed by atoms with Gasteiger partial charge in [-0.25, -0.2) is 0 Å². The van der Waals surface area contributed by atoms with Crippen molar-refractivity contribution in [2.75, 3.05) is 13.2 Å². The molecule has 186 valence electrons. The Morgan fingerprint density at radius 3 is 2.59 bits per heavy atom. The van der Waals surface area contributed by atoms with Gasteiger partial charge in [-0.05, 0) is 38.7 Å². The molecule has 2 unspecified atom stereocenters. The lowest BCUT2D eigenvalue weighted by Gasteiger charge is -2.36. The lowest BCUT2D eigenvalue weighted by Crippen LogP contribution is -2.56. The van der Waals surface area contributed by atoms with E-state index in [0.29, 0.717) is 19.5 Å². The van der Waals surface area contributed by atoms with Gasteiger partial charge in [0.05, 0.1) is 29.2 Å². The van der Waals surface area contributed by atoms with Crippen LogP contribution in [0, 0.1) is 11.8 Å². The molecule has 3 aliphatic rings. The highest BCUT2D eigenvalue weighted by Gasteiger charge is 2.77. The summed E-state index contributed by atoms with van der Waals surface area (Å²) in [6, 6.07) is 8.57. The van der Waals surface area contributed by atoms with Crippen LogP contribution in [-0.2, 0) is 20.9 Å². The molecule has 7 nitrogen and oxygen atoms in total. The molecule has 1 aromatic carbocycles. The van der Waals surface area contributed by atoms with E-state index >= 15 is 0 Å². The Kier molecular flexibility index (Phi) is 7.29. The van der Waals surface area contributed by atoms with E-state index in [1.807, 2.05) is 30.3 Å². The molecule has 3 fully saturated rings. The van der Waals surface area contributed by atoms with Crippen molar-refractivity contribution >= 4 is 29.5 Å². The minimum Gasteiger partial charge on any atom is -0.394 e. The Morgan fingerprint density at radius 2 is 1.91 bits per heavy atom. The second kappa shape index (κ2) is 9.90. The van der Waals surface area contributed by atoms with E-state index in [9.17, 15) is 19.5 Å². The molecule has 3 heterocycles. The molecule has 1 spiro atoms. The quantitative estimate of drug-likeness (QED) is 0.441. The van der Waals surface area contributed by atoms with E-state index in [-0.39, 0.29) is 24.3 Å². The second-order valence-electron chi connectivity index (χ2n) is 10.2. The Bertz CT molecular complexity index is 928. The largest absolute Gasteiger partial charge is 0.394 e. The number of likely N-dealkylation sites (tertiary alicyclic amines) is 1. The summed E-state index contributed by atoms with van der Waals surface area (Å²) in [6.07, 6.45) is 4.49. The molecule has 3 amide bonds. The first-order valence-electron chi connectivity index (χ1n) is 12.5. The van der Waals surface area contributed by atoms with Gasteiger partial charge in [0.1, 0.15) is 6.04 Å². The van der Waals surface area contributed by atoms with Gasteiger partial charge in [0.15, 0.2) is 0 Å². The Morgan fingerprint density at radius 1 is 1.18 bits per heavy atom. The summed E-state index contributed by atoms with van der Waals surface area (Å²) in [5.74, 6) is -1.53. The maximum Gasteiger partial charge on any atom is 0.244 e. The third kappa shape index (κ3) is 4.13. The molecule has 8 heteroatoms. The Hall–Kier alpha value is -2.06. The number of aliphatic hydroxyl groups is 1. The number of rotatable bonds is 10. The number of aliphatic hydroxyl groups excluding tert-OH is 1. The zero-order chi connectivity index (χ0) is 24.5. The number of carbonyl (C=O) groups is 3. The zero-order valence-corrected chi connectivity index (χ0v) is 21.2. The second-order valence-corrected chi connectivity index (χ2v) is 12.1. The van der Waals surface area contributed by atoms with Gasteiger partial charge in [0.25, 0.3) is 0 Å². The van der Waals surface area contributed by atoms with Crippen LogP contribution in [0.1, 0.15) is 58.4 Å². The summed E-state index contributed by atoms with van der Waals surface area (Å²) in [5.41, 5.74) is 1.00. The summed E-state index contributed by atoms with van der Waals surface area (Å²) in [6.45, 7) is 6.71. The first kappa shape index (κ1) is 25.0. The van der Waals surface area contributed by atoms with Crippen molar-refractivity contribution in [3.8, 4) is 0 Å². The van der Waals surface area contributed by atoms with Crippen molar-refractivity contribution in [2.24, 2.45) is 11.8 Å². The van der Waals surface area contributed by atoms with Gasteiger partial charge in [-0.1, -0.05) is 50.1 Å². The van der Waals surface area contributed by atoms with Gasteiger partial charge in [0, 0.05) is 17.8 Å². The first-order chi connectivity index (χ1) is 16.3. The minimum absolute atomic E-state index is 0.126. The van der Waals surface area contributed by atoms with E-state index in [4.69, 9.17) is 0 Å². The van der Waals surface area contributed by atoms with Crippen LogP contribution in [0.4, 0.5) is 0 Å². The van der Waals surface area contributed by atoms with E-state index < -0.39 is 33.4 Å².